The molecule has 0 bridgehead atoms. The summed E-state index contributed by atoms with van der Waals surface area (Å²) >= 11 is 0. The molecule has 1 aromatic carbocycles. The van der Waals surface area contributed by atoms with Crippen LogP contribution in [0.4, 0.5) is 5.69 Å². The number of rotatable bonds is 6. The van der Waals surface area contributed by atoms with Crippen molar-refractivity contribution in [2.45, 2.75) is 72.8 Å². The average molecular weight is 359 g/mol. The van der Waals surface area contributed by atoms with Gasteiger partial charge in [-0.05, 0) is 74.6 Å². The second-order valence-electron chi connectivity index (χ2n) is 8.19. The predicted molar refractivity (Wildman–Crippen MR) is 107 cm³/mol. The first-order valence-electron chi connectivity index (χ1n) is 9.99. The summed E-state index contributed by atoms with van der Waals surface area (Å²) in [5.41, 5.74) is 3.02. The Bertz CT molecular complexity index is 613. The molecule has 1 fully saturated rings. The van der Waals surface area contributed by atoms with Gasteiger partial charge in [-0.1, -0.05) is 33.3 Å². The zero-order chi connectivity index (χ0) is 19.3. The highest BCUT2D eigenvalue weighted by Gasteiger charge is 2.30. The molecule has 2 rings (SSSR count). The van der Waals surface area contributed by atoms with Gasteiger partial charge >= 0.3 is 0 Å². The molecule has 4 heteroatoms. The molecule has 2 amide bonds. The number of hydrogen-bond donors (Lipinski definition) is 2. The van der Waals surface area contributed by atoms with Gasteiger partial charge in [-0.25, -0.2) is 0 Å². The molecule has 2 N–H and O–H groups in total. The molecule has 26 heavy (non-hydrogen) atoms. The van der Waals surface area contributed by atoms with Crippen molar-refractivity contribution in [3.8, 4) is 0 Å². The van der Waals surface area contributed by atoms with Crippen molar-refractivity contribution < 1.29 is 9.59 Å². The van der Waals surface area contributed by atoms with Crippen LogP contribution >= 0.6 is 0 Å². The molecule has 2 atom stereocenters. The first kappa shape index (κ1) is 20.5. The number of aryl methyl sites for hydroxylation is 2. The number of benzene rings is 1. The summed E-state index contributed by atoms with van der Waals surface area (Å²) < 4.78 is 0. The summed E-state index contributed by atoms with van der Waals surface area (Å²) in [6.45, 7) is 10.3. The van der Waals surface area contributed by atoms with Crippen molar-refractivity contribution in [3.63, 3.8) is 0 Å². The molecule has 0 heterocycles. The summed E-state index contributed by atoms with van der Waals surface area (Å²) in [6, 6.07) is 5.51. The zero-order valence-corrected chi connectivity index (χ0v) is 16.9. The maximum Gasteiger partial charge on any atom is 0.247 e. The van der Waals surface area contributed by atoms with E-state index in [9.17, 15) is 9.59 Å². The topological polar surface area (TPSA) is 58.2 Å². The van der Waals surface area contributed by atoms with E-state index in [-0.39, 0.29) is 23.7 Å². The minimum absolute atomic E-state index is 0.0396. The highest BCUT2D eigenvalue weighted by molar-refractivity contribution is 5.97. The van der Waals surface area contributed by atoms with E-state index >= 15 is 0 Å². The van der Waals surface area contributed by atoms with Crippen molar-refractivity contribution in [1.29, 1.82) is 0 Å². The van der Waals surface area contributed by atoms with Gasteiger partial charge in [0.1, 0.15) is 6.04 Å². The first-order chi connectivity index (χ1) is 12.3. The smallest absolute Gasteiger partial charge is 0.247 e. The molecule has 4 nitrogen and oxygen atoms in total. The van der Waals surface area contributed by atoms with Crippen molar-refractivity contribution in [2.75, 3.05) is 5.32 Å². The van der Waals surface area contributed by atoms with Crippen LogP contribution in [-0.2, 0) is 9.59 Å². The molecule has 1 aromatic rings. The summed E-state index contributed by atoms with van der Waals surface area (Å²) in [4.78, 5) is 25.6. The van der Waals surface area contributed by atoms with Crippen molar-refractivity contribution in [2.24, 2.45) is 17.8 Å². The van der Waals surface area contributed by atoms with Crippen molar-refractivity contribution in [3.05, 3.63) is 29.3 Å². The second-order valence-corrected chi connectivity index (χ2v) is 8.19. The summed E-state index contributed by atoms with van der Waals surface area (Å²) in [5.74, 6) is 0.760. The molecule has 0 radical (unpaired) electrons. The number of amides is 2. The largest absolute Gasteiger partial charge is 0.344 e. The molecule has 0 aromatic heterocycles. The van der Waals surface area contributed by atoms with Crippen molar-refractivity contribution in [1.82, 2.24) is 5.32 Å². The highest BCUT2D eigenvalue weighted by atomic mass is 16.2. The number of hydrogen-bond acceptors (Lipinski definition) is 2. The Kier molecular flexibility index (Phi) is 7.24. The van der Waals surface area contributed by atoms with E-state index in [2.05, 4.69) is 30.5 Å². The van der Waals surface area contributed by atoms with Crippen LogP contribution in [0, 0.1) is 31.6 Å². The van der Waals surface area contributed by atoms with Gasteiger partial charge in [0.15, 0.2) is 0 Å². The summed E-state index contributed by atoms with van der Waals surface area (Å²) in [6.07, 6.45) is 4.90. The lowest BCUT2D eigenvalue weighted by Gasteiger charge is -2.29. The van der Waals surface area contributed by atoms with Crippen molar-refractivity contribution >= 4 is 17.5 Å². The second kappa shape index (κ2) is 9.20. The molecule has 1 aliphatic rings. The predicted octanol–water partition coefficient (Wildman–Crippen LogP) is 4.60. The Morgan fingerprint density at radius 3 is 2.19 bits per heavy atom. The molecule has 1 aliphatic carbocycles. The van der Waals surface area contributed by atoms with Gasteiger partial charge in [0, 0.05) is 11.6 Å². The van der Waals surface area contributed by atoms with E-state index in [1.807, 2.05) is 32.9 Å². The monoisotopic (exact) mass is 358 g/mol. The van der Waals surface area contributed by atoms with Crippen LogP contribution in [0.25, 0.3) is 0 Å². The van der Waals surface area contributed by atoms with Crippen LogP contribution in [0.5, 0.6) is 0 Å². The zero-order valence-electron chi connectivity index (χ0n) is 16.9. The third-order valence-electron chi connectivity index (χ3n) is 5.67. The van der Waals surface area contributed by atoms with E-state index in [4.69, 9.17) is 0 Å². The van der Waals surface area contributed by atoms with Gasteiger partial charge in [-0.15, -0.1) is 0 Å². The Morgan fingerprint density at radius 1 is 1.08 bits per heavy atom. The Labute approximate surface area is 158 Å². The molecule has 0 spiro atoms. The molecule has 0 aliphatic heterocycles. The number of carbonyl (C=O) groups is 2. The molecule has 1 saturated carbocycles. The lowest BCUT2D eigenvalue weighted by molar-refractivity contribution is -0.131. The van der Waals surface area contributed by atoms with Gasteiger partial charge < -0.3 is 10.6 Å². The Hall–Kier alpha value is -1.84. The SMILES string of the molecule is CC[C@H](C)[C@@H](NC(=O)C1CCC(C)CC1)C(=O)Nc1cc(C)cc(C)c1. The molecule has 0 unspecified atom stereocenters. The van der Waals surface area contributed by atoms with E-state index in [1.54, 1.807) is 0 Å². The number of anilines is 1. The maximum atomic E-state index is 12.9. The summed E-state index contributed by atoms with van der Waals surface area (Å²) in [5, 5.41) is 6.05. The van der Waals surface area contributed by atoms with E-state index in [1.165, 1.54) is 0 Å². The van der Waals surface area contributed by atoms with Crippen LogP contribution in [0.15, 0.2) is 18.2 Å². The van der Waals surface area contributed by atoms with Gasteiger partial charge in [0.2, 0.25) is 11.8 Å². The fraction of sp³-hybridized carbons (Fsp3) is 0.636. The van der Waals surface area contributed by atoms with E-state index in [0.29, 0.717) is 5.92 Å². The molecule has 0 saturated heterocycles. The van der Waals surface area contributed by atoms with Crippen LogP contribution in [0.2, 0.25) is 0 Å². The summed E-state index contributed by atoms with van der Waals surface area (Å²) in [7, 11) is 0. The van der Waals surface area contributed by atoms with Gasteiger partial charge in [-0.2, -0.15) is 0 Å². The standard InChI is InChI=1S/C22H34N2O2/c1-6-17(5)20(24-21(25)18-9-7-14(2)8-10-18)22(26)23-19-12-15(3)11-16(4)13-19/h11-14,17-18,20H,6-10H2,1-5H3,(H,23,26)(H,24,25)/t14?,17-,18?,20+/m0/s1. The minimum Gasteiger partial charge on any atom is -0.344 e. The van der Waals surface area contributed by atoms with Crippen LogP contribution < -0.4 is 10.6 Å². The van der Waals surface area contributed by atoms with Gasteiger partial charge in [0.25, 0.3) is 0 Å². The third-order valence-corrected chi connectivity index (χ3v) is 5.67. The average Bonchev–Trinajstić information content (AvgIpc) is 2.58. The minimum atomic E-state index is -0.493. The lowest BCUT2D eigenvalue weighted by atomic mass is 9.82. The first-order valence-corrected chi connectivity index (χ1v) is 9.99. The molecule has 144 valence electrons. The fourth-order valence-electron chi connectivity index (χ4n) is 3.76. The quantitative estimate of drug-likeness (QED) is 0.781. The maximum absolute atomic E-state index is 12.9. The van der Waals surface area contributed by atoms with Gasteiger partial charge in [0.05, 0.1) is 0 Å². The Morgan fingerprint density at radius 2 is 1.65 bits per heavy atom. The van der Waals surface area contributed by atoms with Crippen LogP contribution in [-0.4, -0.2) is 17.9 Å². The molecular weight excluding hydrogens is 324 g/mol. The van der Waals surface area contributed by atoms with E-state index in [0.717, 1.165) is 48.9 Å². The fourth-order valence-corrected chi connectivity index (χ4v) is 3.76. The van der Waals surface area contributed by atoms with Crippen LogP contribution in [0.1, 0.15) is 64.0 Å². The highest BCUT2D eigenvalue weighted by Crippen LogP contribution is 2.28. The third kappa shape index (κ3) is 5.58. The number of nitrogens with one attached hydrogen (secondary N) is 2. The van der Waals surface area contributed by atoms with E-state index < -0.39 is 6.04 Å². The lowest BCUT2D eigenvalue weighted by Crippen LogP contribution is -2.49. The Balaban J connectivity index is 2.05. The van der Waals surface area contributed by atoms with Crippen LogP contribution in [0.3, 0.4) is 0 Å². The molecular formula is C22H34N2O2. The normalized spacial score (nSPS) is 22.3. The number of carbonyl (C=O) groups excluding carboxylic acids is 2. The van der Waals surface area contributed by atoms with Gasteiger partial charge in [-0.3, -0.25) is 9.59 Å².